The van der Waals surface area contributed by atoms with Crippen molar-refractivity contribution in [2.75, 3.05) is 19.6 Å². The van der Waals surface area contributed by atoms with Crippen molar-refractivity contribution in [1.82, 2.24) is 4.90 Å². The second-order valence-electron chi connectivity index (χ2n) is 5.37. The molecule has 1 amide bonds. The molecule has 3 N–H and O–H groups in total. The third-order valence-electron chi connectivity index (χ3n) is 3.85. The first-order valence-corrected chi connectivity index (χ1v) is 6.84. The first-order chi connectivity index (χ1) is 9.52. The molecule has 2 rings (SSSR count). The van der Waals surface area contributed by atoms with Crippen molar-refractivity contribution in [3.8, 4) is 0 Å². The van der Waals surface area contributed by atoms with Gasteiger partial charge in [-0.25, -0.2) is 0 Å². The second-order valence-corrected chi connectivity index (χ2v) is 5.37. The lowest BCUT2D eigenvalue weighted by Gasteiger charge is -2.16. The van der Waals surface area contributed by atoms with Crippen LogP contribution < -0.4 is 5.73 Å². The average molecular weight is 276 g/mol. The number of carboxylic acid groups (broad SMARTS) is 1. The highest BCUT2D eigenvalue weighted by Crippen LogP contribution is 2.24. The van der Waals surface area contributed by atoms with Crippen molar-refractivity contribution in [1.29, 1.82) is 0 Å². The molecule has 0 bridgehead atoms. The van der Waals surface area contributed by atoms with Crippen molar-refractivity contribution in [2.24, 2.45) is 17.6 Å². The molecule has 1 heterocycles. The van der Waals surface area contributed by atoms with Gasteiger partial charge in [-0.05, 0) is 36.6 Å². The summed E-state index contributed by atoms with van der Waals surface area (Å²) in [6.45, 7) is 3.24. The number of aliphatic carboxylic acids is 1. The van der Waals surface area contributed by atoms with Gasteiger partial charge in [-0.2, -0.15) is 0 Å². The van der Waals surface area contributed by atoms with Crippen LogP contribution in [0.25, 0.3) is 0 Å². The van der Waals surface area contributed by atoms with Crippen LogP contribution in [0.4, 0.5) is 0 Å². The topological polar surface area (TPSA) is 83.6 Å². The molecule has 0 aromatic heterocycles. The standard InChI is InChI=1S/C15H20N2O3/c1-10-8-17(9-13(10)15(19)20)14(18)12-4-2-11(3-5-12)6-7-16/h2-5,10,13H,6-9,16H2,1H3,(H,19,20). The molecule has 2 unspecified atom stereocenters. The number of hydrogen-bond donors (Lipinski definition) is 2. The Kier molecular flexibility index (Phi) is 4.39. The lowest BCUT2D eigenvalue weighted by atomic mass is 9.99. The number of nitrogens with zero attached hydrogens (tertiary/aromatic N) is 1. The summed E-state index contributed by atoms with van der Waals surface area (Å²) in [7, 11) is 0. The zero-order valence-electron chi connectivity index (χ0n) is 11.6. The lowest BCUT2D eigenvalue weighted by molar-refractivity contribution is -0.142. The van der Waals surface area contributed by atoms with Crippen LogP contribution in [-0.2, 0) is 11.2 Å². The van der Waals surface area contributed by atoms with E-state index in [9.17, 15) is 9.59 Å². The van der Waals surface area contributed by atoms with Gasteiger partial charge in [-0.15, -0.1) is 0 Å². The predicted molar refractivity (Wildman–Crippen MR) is 75.4 cm³/mol. The smallest absolute Gasteiger partial charge is 0.308 e. The number of rotatable bonds is 4. The second kappa shape index (κ2) is 6.05. The summed E-state index contributed by atoms with van der Waals surface area (Å²) in [5.74, 6) is -1.39. The molecule has 1 aliphatic rings. The first kappa shape index (κ1) is 14.5. The van der Waals surface area contributed by atoms with Crippen molar-refractivity contribution in [2.45, 2.75) is 13.3 Å². The first-order valence-electron chi connectivity index (χ1n) is 6.84. The van der Waals surface area contributed by atoms with Crippen LogP contribution in [-0.4, -0.2) is 41.5 Å². The van der Waals surface area contributed by atoms with Crippen LogP contribution in [0.3, 0.4) is 0 Å². The number of nitrogens with two attached hydrogens (primary N) is 1. The van der Waals surface area contributed by atoms with E-state index in [0.717, 1.165) is 12.0 Å². The van der Waals surface area contributed by atoms with Gasteiger partial charge in [-0.3, -0.25) is 9.59 Å². The molecule has 20 heavy (non-hydrogen) atoms. The van der Waals surface area contributed by atoms with Crippen molar-refractivity contribution in [3.05, 3.63) is 35.4 Å². The summed E-state index contributed by atoms with van der Waals surface area (Å²) in [5.41, 5.74) is 7.19. The molecular weight excluding hydrogens is 256 g/mol. The fourth-order valence-electron chi connectivity index (χ4n) is 2.62. The molecular formula is C15H20N2O3. The van der Waals surface area contributed by atoms with Crippen LogP contribution >= 0.6 is 0 Å². The highest BCUT2D eigenvalue weighted by molar-refractivity contribution is 5.94. The van der Waals surface area contributed by atoms with Gasteiger partial charge in [0.25, 0.3) is 5.91 Å². The maximum atomic E-state index is 12.3. The molecule has 1 saturated heterocycles. The Hall–Kier alpha value is -1.88. The highest BCUT2D eigenvalue weighted by atomic mass is 16.4. The van der Waals surface area contributed by atoms with Crippen LogP contribution in [0.5, 0.6) is 0 Å². The molecule has 1 fully saturated rings. The van der Waals surface area contributed by atoms with Crippen LogP contribution in [0.1, 0.15) is 22.8 Å². The molecule has 1 aliphatic heterocycles. The monoisotopic (exact) mass is 276 g/mol. The Bertz CT molecular complexity index is 498. The van der Waals surface area contributed by atoms with E-state index >= 15 is 0 Å². The van der Waals surface area contributed by atoms with Crippen molar-refractivity contribution in [3.63, 3.8) is 0 Å². The molecule has 5 heteroatoms. The molecule has 2 atom stereocenters. The fourth-order valence-corrected chi connectivity index (χ4v) is 2.62. The third-order valence-corrected chi connectivity index (χ3v) is 3.85. The van der Waals surface area contributed by atoms with E-state index in [1.54, 1.807) is 17.0 Å². The maximum Gasteiger partial charge on any atom is 0.308 e. The molecule has 0 radical (unpaired) electrons. The zero-order chi connectivity index (χ0) is 14.7. The molecule has 5 nitrogen and oxygen atoms in total. The minimum Gasteiger partial charge on any atom is -0.481 e. The van der Waals surface area contributed by atoms with Gasteiger partial charge in [0.1, 0.15) is 0 Å². The SMILES string of the molecule is CC1CN(C(=O)c2ccc(CCN)cc2)CC1C(=O)O. The molecule has 0 spiro atoms. The summed E-state index contributed by atoms with van der Waals surface area (Å²) < 4.78 is 0. The van der Waals surface area contributed by atoms with Gasteiger partial charge >= 0.3 is 5.97 Å². The van der Waals surface area contributed by atoms with Gasteiger partial charge in [0, 0.05) is 18.7 Å². The molecule has 0 aliphatic carbocycles. The van der Waals surface area contributed by atoms with Crippen LogP contribution in [0.2, 0.25) is 0 Å². The number of carbonyl (C=O) groups is 2. The third kappa shape index (κ3) is 2.99. The fraction of sp³-hybridized carbons (Fsp3) is 0.467. The van der Waals surface area contributed by atoms with E-state index in [-0.39, 0.29) is 11.8 Å². The predicted octanol–water partition coefficient (Wildman–Crippen LogP) is 0.980. The minimum atomic E-state index is -0.828. The van der Waals surface area contributed by atoms with Crippen LogP contribution in [0.15, 0.2) is 24.3 Å². The Labute approximate surface area is 118 Å². The molecule has 108 valence electrons. The number of carboxylic acids is 1. The van der Waals surface area contributed by atoms with Crippen molar-refractivity contribution < 1.29 is 14.7 Å². The summed E-state index contributed by atoms with van der Waals surface area (Å²) in [6, 6.07) is 7.36. The number of carbonyl (C=O) groups excluding carboxylic acids is 1. The summed E-state index contributed by atoms with van der Waals surface area (Å²) >= 11 is 0. The quantitative estimate of drug-likeness (QED) is 0.858. The number of hydrogen-bond acceptors (Lipinski definition) is 3. The normalized spacial score (nSPS) is 22.0. The Balaban J connectivity index is 2.06. The lowest BCUT2D eigenvalue weighted by Crippen LogP contribution is -2.29. The van der Waals surface area contributed by atoms with Gasteiger partial charge in [0.15, 0.2) is 0 Å². The van der Waals surface area contributed by atoms with Gasteiger partial charge in [0.2, 0.25) is 0 Å². The Morgan fingerprint density at radius 1 is 1.30 bits per heavy atom. The minimum absolute atomic E-state index is 0.00652. The van der Waals surface area contributed by atoms with Crippen molar-refractivity contribution >= 4 is 11.9 Å². The molecule has 1 aromatic carbocycles. The van der Waals surface area contributed by atoms with E-state index in [1.165, 1.54) is 0 Å². The maximum absolute atomic E-state index is 12.3. The van der Waals surface area contributed by atoms with Crippen LogP contribution in [0, 0.1) is 11.8 Å². The van der Waals surface area contributed by atoms with Gasteiger partial charge < -0.3 is 15.7 Å². The van der Waals surface area contributed by atoms with E-state index in [0.29, 0.717) is 25.2 Å². The zero-order valence-corrected chi connectivity index (χ0v) is 11.6. The largest absolute Gasteiger partial charge is 0.481 e. The van der Waals surface area contributed by atoms with Gasteiger partial charge in [-0.1, -0.05) is 19.1 Å². The van der Waals surface area contributed by atoms with E-state index in [1.807, 2.05) is 19.1 Å². The molecule has 0 saturated carbocycles. The highest BCUT2D eigenvalue weighted by Gasteiger charge is 2.37. The van der Waals surface area contributed by atoms with E-state index < -0.39 is 11.9 Å². The average Bonchev–Trinajstić information content (AvgIpc) is 2.81. The number of benzene rings is 1. The Morgan fingerprint density at radius 3 is 2.45 bits per heavy atom. The number of likely N-dealkylation sites (tertiary alicyclic amines) is 1. The van der Waals surface area contributed by atoms with E-state index in [4.69, 9.17) is 10.8 Å². The summed E-state index contributed by atoms with van der Waals surface area (Å²) in [6.07, 6.45) is 0.788. The van der Waals surface area contributed by atoms with E-state index in [2.05, 4.69) is 0 Å². The van der Waals surface area contributed by atoms with Gasteiger partial charge in [0.05, 0.1) is 5.92 Å². The molecule has 1 aromatic rings. The summed E-state index contributed by atoms with van der Waals surface area (Å²) in [5, 5.41) is 9.10. The Morgan fingerprint density at radius 2 is 1.95 bits per heavy atom. The number of amides is 1. The summed E-state index contributed by atoms with van der Waals surface area (Å²) in [4.78, 5) is 25.0.